The third-order valence-electron chi connectivity index (χ3n) is 3.91. The first-order valence-electron chi connectivity index (χ1n) is 6.98. The van der Waals surface area contributed by atoms with Gasteiger partial charge in [-0.3, -0.25) is 5.32 Å². The summed E-state index contributed by atoms with van der Waals surface area (Å²) in [4.78, 5) is 11.8. The Balaban J connectivity index is 2.19. The maximum atomic E-state index is 11.8. The Morgan fingerprint density at radius 3 is 2.65 bits per heavy atom. The van der Waals surface area contributed by atoms with Gasteiger partial charge in [-0.1, -0.05) is 19.1 Å². The Morgan fingerprint density at radius 2 is 2.15 bits per heavy atom. The highest BCUT2D eigenvalue weighted by Gasteiger charge is 2.39. The van der Waals surface area contributed by atoms with Crippen LogP contribution >= 0.6 is 0 Å². The van der Waals surface area contributed by atoms with E-state index in [1.54, 1.807) is 12.1 Å². The standard InChI is InChI=1S/C15H21NO4/c1-2-15(14(18)19,11-5-7-12(17)8-6-11)16-10-13-4-3-9-20-13/h5-8,13,16-17H,2-4,9-10H2,1H3,(H,18,19). The van der Waals surface area contributed by atoms with E-state index in [1.165, 1.54) is 12.1 Å². The average molecular weight is 279 g/mol. The minimum absolute atomic E-state index is 0.0809. The molecule has 0 aliphatic carbocycles. The van der Waals surface area contributed by atoms with Crippen molar-refractivity contribution in [2.75, 3.05) is 13.2 Å². The fourth-order valence-corrected chi connectivity index (χ4v) is 2.62. The molecule has 0 saturated carbocycles. The Bertz CT molecular complexity index is 453. The second-order valence-electron chi connectivity index (χ2n) is 5.13. The molecule has 1 fully saturated rings. The number of carboxylic acid groups (broad SMARTS) is 1. The summed E-state index contributed by atoms with van der Waals surface area (Å²) in [5, 5.41) is 22.2. The second-order valence-corrected chi connectivity index (χ2v) is 5.13. The first-order valence-corrected chi connectivity index (χ1v) is 6.98. The van der Waals surface area contributed by atoms with Gasteiger partial charge in [-0.2, -0.15) is 0 Å². The molecule has 2 atom stereocenters. The molecule has 2 rings (SSSR count). The quantitative estimate of drug-likeness (QED) is 0.740. The summed E-state index contributed by atoms with van der Waals surface area (Å²) in [5.41, 5.74) is -0.497. The van der Waals surface area contributed by atoms with Crippen LogP contribution in [0.3, 0.4) is 0 Å². The van der Waals surface area contributed by atoms with Crippen LogP contribution in [0.25, 0.3) is 0 Å². The molecular weight excluding hydrogens is 258 g/mol. The van der Waals surface area contributed by atoms with E-state index in [9.17, 15) is 15.0 Å². The number of benzene rings is 1. The molecule has 5 heteroatoms. The SMILES string of the molecule is CCC(NCC1CCCO1)(C(=O)O)c1ccc(O)cc1. The molecular formula is C15H21NO4. The number of hydrogen-bond acceptors (Lipinski definition) is 4. The molecule has 0 spiro atoms. The van der Waals surface area contributed by atoms with E-state index in [2.05, 4.69) is 5.32 Å². The highest BCUT2D eigenvalue weighted by Crippen LogP contribution is 2.27. The van der Waals surface area contributed by atoms with Crippen molar-refractivity contribution < 1.29 is 19.7 Å². The molecule has 2 unspecified atom stereocenters. The highest BCUT2D eigenvalue weighted by molar-refractivity contribution is 5.80. The lowest BCUT2D eigenvalue weighted by molar-refractivity contribution is -0.145. The third kappa shape index (κ3) is 2.94. The van der Waals surface area contributed by atoms with Gasteiger partial charge in [0.15, 0.2) is 0 Å². The smallest absolute Gasteiger partial charge is 0.328 e. The van der Waals surface area contributed by atoms with Crippen LogP contribution in [-0.2, 0) is 15.1 Å². The zero-order valence-corrected chi connectivity index (χ0v) is 11.6. The van der Waals surface area contributed by atoms with Gasteiger partial charge in [-0.25, -0.2) is 4.79 Å². The summed E-state index contributed by atoms with van der Waals surface area (Å²) in [6.07, 6.45) is 2.48. The molecule has 1 heterocycles. The molecule has 0 bridgehead atoms. The summed E-state index contributed by atoms with van der Waals surface area (Å²) in [6, 6.07) is 6.32. The molecule has 1 aromatic rings. The lowest BCUT2D eigenvalue weighted by atomic mass is 9.87. The Hall–Kier alpha value is -1.59. The maximum Gasteiger partial charge on any atom is 0.328 e. The zero-order chi connectivity index (χ0) is 14.6. The average Bonchev–Trinajstić information content (AvgIpc) is 2.94. The molecule has 3 N–H and O–H groups in total. The van der Waals surface area contributed by atoms with Crippen molar-refractivity contribution in [2.24, 2.45) is 0 Å². The number of hydrogen-bond donors (Lipinski definition) is 3. The number of rotatable bonds is 6. The van der Waals surface area contributed by atoms with E-state index in [-0.39, 0.29) is 11.9 Å². The molecule has 1 aliphatic rings. The van der Waals surface area contributed by atoms with Crippen LogP contribution in [0.2, 0.25) is 0 Å². The first kappa shape index (κ1) is 14.8. The van der Waals surface area contributed by atoms with Gasteiger partial charge in [0.1, 0.15) is 11.3 Å². The third-order valence-corrected chi connectivity index (χ3v) is 3.91. The fraction of sp³-hybridized carbons (Fsp3) is 0.533. The number of aromatic hydroxyl groups is 1. The Morgan fingerprint density at radius 1 is 1.45 bits per heavy atom. The number of phenols is 1. The van der Waals surface area contributed by atoms with Gasteiger partial charge in [0, 0.05) is 13.2 Å². The van der Waals surface area contributed by atoms with E-state index in [0.717, 1.165) is 19.4 Å². The van der Waals surface area contributed by atoms with Crippen LogP contribution in [0, 0.1) is 0 Å². The van der Waals surface area contributed by atoms with E-state index in [4.69, 9.17) is 4.74 Å². The van der Waals surface area contributed by atoms with E-state index < -0.39 is 11.5 Å². The molecule has 0 amide bonds. The number of carboxylic acids is 1. The second kappa shape index (κ2) is 6.24. The summed E-state index contributed by atoms with van der Waals surface area (Å²) < 4.78 is 5.53. The number of phenolic OH excluding ortho intramolecular Hbond substituents is 1. The van der Waals surface area contributed by atoms with Gasteiger partial charge in [-0.15, -0.1) is 0 Å². The van der Waals surface area contributed by atoms with Crippen molar-refractivity contribution in [1.29, 1.82) is 0 Å². The van der Waals surface area contributed by atoms with E-state index >= 15 is 0 Å². The lowest BCUT2D eigenvalue weighted by Gasteiger charge is -2.31. The molecule has 5 nitrogen and oxygen atoms in total. The fourth-order valence-electron chi connectivity index (χ4n) is 2.62. The first-order chi connectivity index (χ1) is 9.58. The topological polar surface area (TPSA) is 78.8 Å². The van der Waals surface area contributed by atoms with Gasteiger partial charge in [0.05, 0.1) is 6.10 Å². The number of aliphatic carboxylic acids is 1. The molecule has 110 valence electrons. The minimum Gasteiger partial charge on any atom is -0.508 e. The van der Waals surface area contributed by atoms with E-state index in [1.807, 2.05) is 6.92 Å². The largest absolute Gasteiger partial charge is 0.508 e. The van der Waals surface area contributed by atoms with Gasteiger partial charge in [-0.05, 0) is 37.0 Å². The normalized spacial score (nSPS) is 21.6. The predicted octanol–water partition coefficient (Wildman–Crippen LogP) is 1.85. The molecule has 0 aromatic heterocycles. The van der Waals surface area contributed by atoms with Crippen molar-refractivity contribution in [2.45, 2.75) is 37.8 Å². The highest BCUT2D eigenvalue weighted by atomic mass is 16.5. The van der Waals surface area contributed by atoms with Gasteiger partial charge in [0.25, 0.3) is 0 Å². The molecule has 1 aliphatic heterocycles. The lowest BCUT2D eigenvalue weighted by Crippen LogP contribution is -2.51. The zero-order valence-electron chi connectivity index (χ0n) is 11.6. The van der Waals surface area contributed by atoms with Crippen LogP contribution in [0.15, 0.2) is 24.3 Å². The van der Waals surface area contributed by atoms with Crippen molar-refractivity contribution in [1.82, 2.24) is 5.32 Å². The summed E-state index contributed by atoms with van der Waals surface area (Å²) >= 11 is 0. The van der Waals surface area contributed by atoms with E-state index in [0.29, 0.717) is 18.5 Å². The molecule has 0 radical (unpaired) electrons. The van der Waals surface area contributed by atoms with Crippen LogP contribution < -0.4 is 5.32 Å². The van der Waals surface area contributed by atoms with Crippen LogP contribution in [0.5, 0.6) is 5.75 Å². The summed E-state index contributed by atoms with van der Waals surface area (Å²) in [7, 11) is 0. The van der Waals surface area contributed by atoms with Gasteiger partial charge >= 0.3 is 5.97 Å². The Labute approximate surface area is 118 Å². The number of ether oxygens (including phenoxy) is 1. The Kier molecular flexibility index (Phi) is 4.62. The van der Waals surface area contributed by atoms with Crippen LogP contribution in [-0.4, -0.2) is 35.4 Å². The van der Waals surface area contributed by atoms with Crippen molar-refractivity contribution in [3.8, 4) is 5.75 Å². The summed E-state index contributed by atoms with van der Waals surface area (Å²) in [5.74, 6) is -0.785. The van der Waals surface area contributed by atoms with Crippen molar-refractivity contribution in [3.63, 3.8) is 0 Å². The number of carbonyl (C=O) groups is 1. The molecule has 1 saturated heterocycles. The molecule has 1 aromatic carbocycles. The minimum atomic E-state index is -1.14. The van der Waals surface area contributed by atoms with Gasteiger partial charge in [0.2, 0.25) is 0 Å². The van der Waals surface area contributed by atoms with Crippen molar-refractivity contribution in [3.05, 3.63) is 29.8 Å². The predicted molar refractivity (Wildman–Crippen MR) is 74.7 cm³/mol. The monoisotopic (exact) mass is 279 g/mol. The van der Waals surface area contributed by atoms with Gasteiger partial charge < -0.3 is 14.9 Å². The maximum absolute atomic E-state index is 11.8. The molecule has 20 heavy (non-hydrogen) atoms. The number of nitrogens with one attached hydrogen (secondary N) is 1. The van der Waals surface area contributed by atoms with Crippen LogP contribution in [0.4, 0.5) is 0 Å². The summed E-state index contributed by atoms with van der Waals surface area (Å²) in [6.45, 7) is 3.10. The van der Waals surface area contributed by atoms with Crippen molar-refractivity contribution >= 4 is 5.97 Å². The van der Waals surface area contributed by atoms with Crippen LogP contribution in [0.1, 0.15) is 31.7 Å².